The van der Waals surface area contributed by atoms with Crippen LogP contribution in [0.5, 0.6) is 5.75 Å². The molecule has 29 heavy (non-hydrogen) atoms. The van der Waals surface area contributed by atoms with Gasteiger partial charge in [-0.3, -0.25) is 4.79 Å². The predicted molar refractivity (Wildman–Crippen MR) is 113 cm³/mol. The van der Waals surface area contributed by atoms with Gasteiger partial charge in [0.15, 0.2) is 0 Å². The average Bonchev–Trinajstić information content (AvgIpc) is 2.75. The van der Waals surface area contributed by atoms with Gasteiger partial charge in [0.1, 0.15) is 5.75 Å². The van der Waals surface area contributed by atoms with Crippen molar-refractivity contribution >= 4 is 18.0 Å². The summed E-state index contributed by atoms with van der Waals surface area (Å²) < 4.78 is 16.0. The molecule has 0 N–H and O–H groups in total. The molecule has 0 unspecified atom stereocenters. The zero-order chi connectivity index (χ0) is 21.3. The van der Waals surface area contributed by atoms with Crippen molar-refractivity contribution in [1.29, 1.82) is 0 Å². The van der Waals surface area contributed by atoms with E-state index in [0.29, 0.717) is 25.0 Å². The van der Waals surface area contributed by atoms with E-state index in [-0.39, 0.29) is 11.9 Å². The molecular formula is C24H34O5. The minimum Gasteiger partial charge on any atom is -0.497 e. The lowest BCUT2D eigenvalue weighted by Crippen LogP contribution is -2.29. The zero-order valence-electron chi connectivity index (χ0n) is 18.1. The molecule has 1 saturated carbocycles. The van der Waals surface area contributed by atoms with Crippen molar-refractivity contribution in [1.82, 2.24) is 0 Å². The predicted octanol–water partition coefficient (Wildman–Crippen LogP) is 5.04. The molecule has 5 nitrogen and oxygen atoms in total. The molecule has 1 aliphatic carbocycles. The Hall–Kier alpha value is -2.30. The molecule has 0 aromatic heterocycles. The lowest BCUT2D eigenvalue weighted by molar-refractivity contribution is -0.156. The van der Waals surface area contributed by atoms with Crippen molar-refractivity contribution in [2.75, 3.05) is 20.3 Å². The summed E-state index contributed by atoms with van der Waals surface area (Å²) in [4.78, 5) is 24.0. The Morgan fingerprint density at radius 1 is 1.00 bits per heavy atom. The maximum Gasteiger partial charge on any atom is 0.330 e. The molecule has 0 saturated heterocycles. The highest BCUT2D eigenvalue weighted by Crippen LogP contribution is 2.30. The van der Waals surface area contributed by atoms with Crippen molar-refractivity contribution in [3.63, 3.8) is 0 Å². The van der Waals surface area contributed by atoms with Gasteiger partial charge in [0, 0.05) is 6.08 Å². The second kappa shape index (κ2) is 11.0. The van der Waals surface area contributed by atoms with Gasteiger partial charge in [0.2, 0.25) is 0 Å². The Balaban J connectivity index is 1.65. The van der Waals surface area contributed by atoms with E-state index in [2.05, 4.69) is 0 Å². The molecule has 5 heteroatoms. The number of carbonyl (C=O) groups excluding carboxylic acids is 2. The maximum atomic E-state index is 12.1. The number of carbonyl (C=O) groups is 2. The summed E-state index contributed by atoms with van der Waals surface area (Å²) in [6.45, 7) is 6.79. The molecule has 0 aliphatic heterocycles. The van der Waals surface area contributed by atoms with Gasteiger partial charge in [0.25, 0.3) is 0 Å². The summed E-state index contributed by atoms with van der Waals surface area (Å²) in [5.41, 5.74) is 0.508. The molecule has 0 amide bonds. The standard InChI is InChI=1S/C24H34O5/c1-5-24(2,3)23(26)29-17-20-8-6-19(7-9-20)16-28-22(25)15-12-18-10-13-21(27-4)14-11-18/h10-15,19-20H,5-9,16-17H2,1-4H3/b15-12+. The summed E-state index contributed by atoms with van der Waals surface area (Å²) in [5.74, 6) is 1.14. The number of hydrogen-bond acceptors (Lipinski definition) is 5. The molecule has 0 bridgehead atoms. The van der Waals surface area contributed by atoms with E-state index >= 15 is 0 Å². The first-order chi connectivity index (χ1) is 13.8. The molecular weight excluding hydrogens is 368 g/mol. The van der Waals surface area contributed by atoms with Crippen molar-refractivity contribution < 1.29 is 23.8 Å². The lowest BCUT2D eigenvalue weighted by Gasteiger charge is -2.29. The average molecular weight is 403 g/mol. The summed E-state index contributed by atoms with van der Waals surface area (Å²) in [5, 5.41) is 0. The van der Waals surface area contributed by atoms with Crippen LogP contribution in [-0.2, 0) is 19.1 Å². The summed E-state index contributed by atoms with van der Waals surface area (Å²) in [7, 11) is 1.62. The van der Waals surface area contributed by atoms with E-state index in [1.54, 1.807) is 13.2 Å². The summed E-state index contributed by atoms with van der Waals surface area (Å²) >= 11 is 0. The summed E-state index contributed by atoms with van der Waals surface area (Å²) in [6, 6.07) is 7.48. The van der Waals surface area contributed by atoms with Crippen LogP contribution in [0.15, 0.2) is 30.3 Å². The van der Waals surface area contributed by atoms with E-state index in [4.69, 9.17) is 14.2 Å². The number of ether oxygens (including phenoxy) is 3. The second-order valence-corrected chi connectivity index (χ2v) is 8.46. The Morgan fingerprint density at radius 3 is 2.07 bits per heavy atom. The van der Waals surface area contributed by atoms with Gasteiger partial charge in [-0.15, -0.1) is 0 Å². The summed E-state index contributed by atoms with van der Waals surface area (Å²) in [6.07, 6.45) is 7.97. The molecule has 0 atom stereocenters. The number of methoxy groups -OCH3 is 1. The van der Waals surface area contributed by atoms with Crippen molar-refractivity contribution in [3.8, 4) is 5.75 Å². The van der Waals surface area contributed by atoms with E-state index < -0.39 is 5.41 Å². The Labute approximate surface area is 174 Å². The van der Waals surface area contributed by atoms with Crippen LogP contribution in [-0.4, -0.2) is 32.3 Å². The van der Waals surface area contributed by atoms with Crippen LogP contribution in [0.4, 0.5) is 0 Å². The first-order valence-electron chi connectivity index (χ1n) is 10.5. The third-order valence-corrected chi connectivity index (χ3v) is 5.84. The number of benzene rings is 1. The van der Waals surface area contributed by atoms with Gasteiger partial charge >= 0.3 is 11.9 Å². The Morgan fingerprint density at radius 2 is 1.55 bits per heavy atom. The van der Waals surface area contributed by atoms with Gasteiger partial charge in [-0.2, -0.15) is 0 Å². The smallest absolute Gasteiger partial charge is 0.330 e. The highest BCUT2D eigenvalue weighted by atomic mass is 16.5. The van der Waals surface area contributed by atoms with E-state index in [1.807, 2.05) is 45.0 Å². The molecule has 1 aromatic carbocycles. The number of rotatable bonds is 9. The topological polar surface area (TPSA) is 61.8 Å². The normalized spacial score (nSPS) is 19.7. The van der Waals surface area contributed by atoms with Crippen LogP contribution in [0.2, 0.25) is 0 Å². The van der Waals surface area contributed by atoms with E-state index in [0.717, 1.165) is 43.4 Å². The monoisotopic (exact) mass is 402 g/mol. The van der Waals surface area contributed by atoms with Crippen molar-refractivity contribution in [3.05, 3.63) is 35.9 Å². The third-order valence-electron chi connectivity index (χ3n) is 5.84. The van der Waals surface area contributed by atoms with Crippen LogP contribution in [0.25, 0.3) is 6.08 Å². The molecule has 160 valence electrons. The highest BCUT2D eigenvalue weighted by molar-refractivity contribution is 5.87. The largest absolute Gasteiger partial charge is 0.497 e. The Bertz CT molecular complexity index is 682. The van der Waals surface area contributed by atoms with Crippen molar-refractivity contribution in [2.24, 2.45) is 17.3 Å². The fraction of sp³-hybridized carbons (Fsp3) is 0.583. The molecule has 0 radical (unpaired) electrons. The van der Waals surface area contributed by atoms with Crippen LogP contribution >= 0.6 is 0 Å². The minimum absolute atomic E-state index is 0.111. The zero-order valence-corrected chi connectivity index (χ0v) is 18.1. The van der Waals surface area contributed by atoms with Crippen LogP contribution in [0, 0.1) is 17.3 Å². The minimum atomic E-state index is -0.412. The van der Waals surface area contributed by atoms with E-state index in [1.165, 1.54) is 6.08 Å². The van der Waals surface area contributed by atoms with Crippen LogP contribution < -0.4 is 4.74 Å². The van der Waals surface area contributed by atoms with Crippen molar-refractivity contribution in [2.45, 2.75) is 52.9 Å². The van der Waals surface area contributed by atoms with Gasteiger partial charge in [-0.25, -0.2) is 4.79 Å². The molecule has 1 aromatic rings. The van der Waals surface area contributed by atoms with E-state index in [9.17, 15) is 9.59 Å². The quantitative estimate of drug-likeness (QED) is 0.428. The fourth-order valence-corrected chi connectivity index (χ4v) is 3.23. The molecule has 0 spiro atoms. The van der Waals surface area contributed by atoms with Gasteiger partial charge in [-0.05, 0) is 81.6 Å². The number of hydrogen-bond donors (Lipinski definition) is 0. The second-order valence-electron chi connectivity index (χ2n) is 8.46. The van der Waals surface area contributed by atoms with Crippen LogP contribution in [0.1, 0.15) is 58.4 Å². The van der Waals surface area contributed by atoms with Gasteiger partial charge in [-0.1, -0.05) is 19.1 Å². The number of esters is 2. The molecule has 2 rings (SSSR count). The van der Waals surface area contributed by atoms with Crippen LogP contribution in [0.3, 0.4) is 0 Å². The van der Waals surface area contributed by atoms with Gasteiger partial charge < -0.3 is 14.2 Å². The molecule has 0 heterocycles. The first kappa shape index (κ1) is 23.0. The molecule has 1 fully saturated rings. The van der Waals surface area contributed by atoms with Gasteiger partial charge in [0.05, 0.1) is 25.7 Å². The fourth-order valence-electron chi connectivity index (χ4n) is 3.23. The molecule has 1 aliphatic rings. The maximum absolute atomic E-state index is 12.1. The SMILES string of the molecule is CCC(C)(C)C(=O)OCC1CCC(COC(=O)/C=C/c2ccc(OC)cc2)CC1. The first-order valence-corrected chi connectivity index (χ1v) is 10.5. The Kier molecular flexibility index (Phi) is 8.74. The lowest BCUT2D eigenvalue weighted by atomic mass is 9.83. The third kappa shape index (κ3) is 7.56. The highest BCUT2D eigenvalue weighted by Gasteiger charge is 2.29.